The zero-order valence-corrected chi connectivity index (χ0v) is 22.0. The summed E-state index contributed by atoms with van der Waals surface area (Å²) in [4.78, 5) is 60.7. The van der Waals surface area contributed by atoms with Gasteiger partial charge >= 0.3 is 17.9 Å². The molecule has 1 saturated heterocycles. The van der Waals surface area contributed by atoms with Crippen LogP contribution in [0.2, 0.25) is 0 Å². The molecule has 1 aromatic carbocycles. The summed E-state index contributed by atoms with van der Waals surface area (Å²) >= 11 is 0. The molecule has 37 heavy (non-hydrogen) atoms. The number of esters is 3. The minimum atomic E-state index is -1.16. The Kier molecular flexibility index (Phi) is 6.74. The molecule has 1 aromatic rings. The molecule has 0 aliphatic carbocycles. The fraction of sp³-hybridized carbons (Fsp3) is 0.500. The number of fused-ring (bicyclic) bond motifs is 1. The maximum atomic E-state index is 13.6. The Balaban J connectivity index is 2.10. The first-order valence-corrected chi connectivity index (χ1v) is 11.9. The Morgan fingerprint density at radius 2 is 1.73 bits per heavy atom. The number of benzene rings is 1. The smallest absolute Gasteiger partial charge is 0.357 e. The Hall–Kier alpha value is -3.89. The molecule has 1 fully saturated rings. The minimum absolute atomic E-state index is 0.0118. The molecule has 1 spiro atoms. The van der Waals surface area contributed by atoms with Crippen LogP contribution in [0.4, 0.5) is 5.69 Å². The number of amidine groups is 1. The van der Waals surface area contributed by atoms with Crippen molar-refractivity contribution in [3.8, 4) is 5.75 Å². The van der Waals surface area contributed by atoms with Gasteiger partial charge in [-0.2, -0.15) is 0 Å². The highest BCUT2D eigenvalue weighted by Crippen LogP contribution is 2.58. The van der Waals surface area contributed by atoms with E-state index in [1.807, 2.05) is 30.9 Å². The molecule has 1 amide bonds. The zero-order valence-electron chi connectivity index (χ0n) is 22.0. The third-order valence-electron chi connectivity index (χ3n) is 7.23. The largest absolute Gasteiger partial charge is 0.497 e. The van der Waals surface area contributed by atoms with Crippen LogP contribution in [0.15, 0.2) is 34.5 Å². The number of methoxy groups -OCH3 is 4. The predicted molar refractivity (Wildman–Crippen MR) is 132 cm³/mol. The van der Waals surface area contributed by atoms with Gasteiger partial charge in [0, 0.05) is 19.2 Å². The van der Waals surface area contributed by atoms with E-state index in [-0.39, 0.29) is 41.8 Å². The van der Waals surface area contributed by atoms with E-state index >= 15 is 0 Å². The van der Waals surface area contributed by atoms with Gasteiger partial charge in [-0.15, -0.1) is 0 Å². The Bertz CT molecular complexity index is 1240. The number of rotatable bonds is 6. The molecule has 3 atom stereocenters. The molecule has 0 aromatic heterocycles. The van der Waals surface area contributed by atoms with Crippen LogP contribution in [-0.2, 0) is 38.8 Å². The van der Waals surface area contributed by atoms with Crippen LogP contribution in [0.3, 0.4) is 0 Å². The molecule has 0 N–H and O–H groups in total. The lowest BCUT2D eigenvalue weighted by Crippen LogP contribution is -2.55. The van der Waals surface area contributed by atoms with E-state index in [2.05, 4.69) is 4.99 Å². The van der Waals surface area contributed by atoms with Gasteiger partial charge in [0.05, 0.1) is 45.5 Å². The fourth-order valence-electron chi connectivity index (χ4n) is 5.76. The van der Waals surface area contributed by atoms with E-state index in [9.17, 15) is 19.2 Å². The van der Waals surface area contributed by atoms with Gasteiger partial charge < -0.3 is 23.8 Å². The first-order valence-electron chi connectivity index (χ1n) is 11.9. The topological polar surface area (TPSA) is 124 Å². The van der Waals surface area contributed by atoms with Gasteiger partial charge in [-0.3, -0.25) is 9.69 Å². The number of carbonyl (C=O) groups is 4. The molecule has 198 valence electrons. The van der Waals surface area contributed by atoms with Gasteiger partial charge in [0.1, 0.15) is 17.6 Å². The van der Waals surface area contributed by atoms with Crippen molar-refractivity contribution in [2.75, 3.05) is 40.4 Å². The van der Waals surface area contributed by atoms with Crippen LogP contribution < -0.4 is 9.64 Å². The number of ether oxygens (including phenoxy) is 4. The molecule has 11 heteroatoms. The molecule has 0 saturated carbocycles. The first kappa shape index (κ1) is 26.2. The van der Waals surface area contributed by atoms with Crippen molar-refractivity contribution in [3.63, 3.8) is 0 Å². The summed E-state index contributed by atoms with van der Waals surface area (Å²) in [6, 6.07) is 3.56. The van der Waals surface area contributed by atoms with Crippen LogP contribution >= 0.6 is 0 Å². The van der Waals surface area contributed by atoms with Crippen LogP contribution in [0.1, 0.15) is 32.3 Å². The van der Waals surface area contributed by atoms with Gasteiger partial charge in [-0.25, -0.2) is 19.4 Å². The number of anilines is 1. The molecule has 0 radical (unpaired) electrons. The van der Waals surface area contributed by atoms with E-state index in [1.54, 1.807) is 13.1 Å². The second-order valence-corrected chi connectivity index (χ2v) is 9.65. The molecule has 11 nitrogen and oxygen atoms in total. The summed E-state index contributed by atoms with van der Waals surface area (Å²) in [6.45, 7) is 3.78. The lowest BCUT2D eigenvalue weighted by molar-refractivity contribution is -0.149. The molecule has 3 heterocycles. The number of hydrogen-bond acceptors (Lipinski definition) is 10. The second-order valence-electron chi connectivity index (χ2n) is 9.65. The third kappa shape index (κ3) is 3.75. The van der Waals surface area contributed by atoms with Crippen molar-refractivity contribution in [1.82, 2.24) is 4.90 Å². The molecule has 0 bridgehead atoms. The maximum absolute atomic E-state index is 13.6. The van der Waals surface area contributed by atoms with Gasteiger partial charge in [-0.1, -0.05) is 13.8 Å². The highest BCUT2D eigenvalue weighted by Gasteiger charge is 2.67. The van der Waals surface area contributed by atoms with E-state index in [0.717, 1.165) is 5.69 Å². The van der Waals surface area contributed by atoms with E-state index in [0.29, 0.717) is 11.3 Å². The molecule has 3 aliphatic rings. The third-order valence-corrected chi connectivity index (χ3v) is 7.23. The highest BCUT2D eigenvalue weighted by molar-refractivity contribution is 6.17. The predicted octanol–water partition coefficient (Wildman–Crippen LogP) is 1.58. The number of hydrogen-bond donors (Lipinski definition) is 0. The Morgan fingerprint density at radius 3 is 2.30 bits per heavy atom. The van der Waals surface area contributed by atoms with E-state index < -0.39 is 35.4 Å². The summed E-state index contributed by atoms with van der Waals surface area (Å²) in [6.07, 6.45) is 0.210. The first-order chi connectivity index (χ1) is 17.6. The van der Waals surface area contributed by atoms with Gasteiger partial charge in [0.15, 0.2) is 5.70 Å². The van der Waals surface area contributed by atoms with Gasteiger partial charge in [0.2, 0.25) is 5.91 Å². The molecule has 4 rings (SSSR count). The normalized spacial score (nSPS) is 23.7. The number of likely N-dealkylation sites (N-methyl/N-ethyl adjacent to an activating group) is 1. The van der Waals surface area contributed by atoms with E-state index in [1.165, 1.54) is 33.3 Å². The van der Waals surface area contributed by atoms with Crippen molar-refractivity contribution in [2.45, 2.75) is 44.2 Å². The maximum Gasteiger partial charge on any atom is 0.357 e. The standard InChI is InChI=1S/C26H31N3O8/c1-13(2)10-18(30)29-17(22(31)35-5)12-26-15-11-14(34-4)8-9-16(15)28(3)21(26)19(23(32)36-6)20(24(33)37-7)27-25(26)29/h8-9,11,13,17,21H,10,12H2,1-7H3/t17?,21?,26-/m0/s1. The van der Waals surface area contributed by atoms with Crippen LogP contribution in [0.5, 0.6) is 5.75 Å². The fourth-order valence-corrected chi connectivity index (χ4v) is 5.76. The monoisotopic (exact) mass is 513 g/mol. The summed E-state index contributed by atoms with van der Waals surface area (Å²) in [7, 11) is 6.95. The van der Waals surface area contributed by atoms with Crippen LogP contribution in [0, 0.1) is 5.92 Å². The minimum Gasteiger partial charge on any atom is -0.497 e. The van der Waals surface area contributed by atoms with Crippen molar-refractivity contribution >= 4 is 35.3 Å². The number of amides is 1. The van der Waals surface area contributed by atoms with Crippen molar-refractivity contribution in [1.29, 1.82) is 0 Å². The van der Waals surface area contributed by atoms with Gasteiger partial charge in [-0.05, 0) is 36.1 Å². The summed E-state index contributed by atoms with van der Waals surface area (Å²) in [5, 5.41) is 0. The Labute approximate surface area is 215 Å². The van der Waals surface area contributed by atoms with Crippen molar-refractivity contribution < 1.29 is 38.1 Å². The van der Waals surface area contributed by atoms with Crippen LogP contribution in [0.25, 0.3) is 0 Å². The molecular formula is C26H31N3O8. The SMILES string of the molecule is COC(=O)C1=C(C(=O)OC)C2N(C)c3ccc(OC)cc3[C@@]23CC(C(=O)OC)N(C(=O)CC(C)C)C3=N1. The molecule has 3 aliphatic heterocycles. The summed E-state index contributed by atoms with van der Waals surface area (Å²) in [5.74, 6) is -1.87. The summed E-state index contributed by atoms with van der Waals surface area (Å²) in [5.41, 5.74) is -0.0162. The van der Waals surface area contributed by atoms with E-state index in [4.69, 9.17) is 18.9 Å². The Morgan fingerprint density at radius 1 is 1.05 bits per heavy atom. The number of nitrogens with zero attached hydrogens (tertiary/aromatic N) is 3. The van der Waals surface area contributed by atoms with Gasteiger partial charge in [0.25, 0.3) is 0 Å². The molecular weight excluding hydrogens is 482 g/mol. The average Bonchev–Trinajstić information content (AvgIpc) is 3.36. The quantitative estimate of drug-likeness (QED) is 0.412. The second kappa shape index (κ2) is 9.53. The number of aliphatic imine (C=N–C) groups is 1. The summed E-state index contributed by atoms with van der Waals surface area (Å²) < 4.78 is 20.6. The van der Waals surface area contributed by atoms with Crippen molar-refractivity contribution in [2.24, 2.45) is 10.9 Å². The zero-order chi connectivity index (χ0) is 27.2. The number of carbonyl (C=O) groups excluding carboxylic acids is 4. The lowest BCUT2D eigenvalue weighted by atomic mass is 9.69. The number of likely N-dealkylation sites (tertiary alicyclic amines) is 1. The lowest BCUT2D eigenvalue weighted by Gasteiger charge is -2.39. The van der Waals surface area contributed by atoms with Crippen molar-refractivity contribution in [3.05, 3.63) is 35.0 Å². The average molecular weight is 514 g/mol. The van der Waals surface area contributed by atoms with Crippen LogP contribution in [-0.4, -0.2) is 82.1 Å². The molecule has 2 unspecified atom stereocenters. The highest BCUT2D eigenvalue weighted by atomic mass is 16.5.